The monoisotopic (exact) mass is 338 g/mol. The van der Waals surface area contributed by atoms with Crippen LogP contribution in [0.15, 0.2) is 28.1 Å². The van der Waals surface area contributed by atoms with Crippen LogP contribution in [0.2, 0.25) is 0 Å². The van der Waals surface area contributed by atoms with E-state index >= 15 is 0 Å². The zero-order chi connectivity index (χ0) is 16.8. The van der Waals surface area contributed by atoms with Gasteiger partial charge < -0.3 is 20.1 Å². The first kappa shape index (κ1) is 17.0. The molecule has 0 bridgehead atoms. The van der Waals surface area contributed by atoms with Crippen molar-refractivity contribution in [1.29, 1.82) is 0 Å². The summed E-state index contributed by atoms with van der Waals surface area (Å²) < 4.78 is 10.1. The van der Waals surface area contributed by atoms with Crippen molar-refractivity contribution in [2.75, 3.05) is 13.2 Å². The first-order chi connectivity index (χ1) is 11.0. The van der Waals surface area contributed by atoms with Gasteiger partial charge >= 0.3 is 18.0 Å². The first-order valence-electron chi connectivity index (χ1n) is 7.15. The Kier molecular flexibility index (Phi) is 5.75. The summed E-state index contributed by atoms with van der Waals surface area (Å²) in [5, 5.41) is 8.81. The summed E-state index contributed by atoms with van der Waals surface area (Å²) in [7, 11) is 0. The molecule has 2 amide bonds. The summed E-state index contributed by atoms with van der Waals surface area (Å²) in [6, 6.07) is 0.867. The van der Waals surface area contributed by atoms with E-state index in [0.29, 0.717) is 0 Å². The molecule has 2 N–H and O–H groups in total. The Balaban J connectivity index is 2.06. The van der Waals surface area contributed by atoms with Gasteiger partial charge in [-0.15, -0.1) is 0 Å². The van der Waals surface area contributed by atoms with Gasteiger partial charge in [0, 0.05) is 0 Å². The average Bonchev–Trinajstić information content (AvgIpc) is 2.97. The Hall–Kier alpha value is -2.35. The topological polar surface area (TPSA) is 93.7 Å². The molecule has 0 aliphatic carbocycles. The Morgan fingerprint density at radius 1 is 1.35 bits per heavy atom. The SMILES string of the molecule is CCOC(=O)C1=C(COC(=O)Cc2ccsc2)NC(=O)N[C@@H]1C. The molecule has 0 radical (unpaired) electrons. The standard InChI is InChI=1S/C15H18N2O5S/c1-3-21-14(19)13-9(2)16-15(20)17-11(13)7-22-12(18)6-10-4-5-23-8-10/h4-5,8-9H,3,6-7H2,1-2H3,(H2,16,17,20)/t9-/m1/s1. The van der Waals surface area contributed by atoms with E-state index < -0.39 is 24.0 Å². The molecule has 2 heterocycles. The van der Waals surface area contributed by atoms with E-state index in [9.17, 15) is 14.4 Å². The minimum absolute atomic E-state index is 0.146. The molecule has 0 aromatic carbocycles. The highest BCUT2D eigenvalue weighted by molar-refractivity contribution is 7.07. The molecule has 0 saturated heterocycles. The Bertz CT molecular complexity index is 624. The van der Waals surface area contributed by atoms with Crippen LogP contribution in [0.3, 0.4) is 0 Å². The zero-order valence-electron chi connectivity index (χ0n) is 12.9. The van der Waals surface area contributed by atoms with Gasteiger partial charge in [-0.25, -0.2) is 9.59 Å². The summed E-state index contributed by atoms with van der Waals surface area (Å²) in [5.74, 6) is -0.976. The van der Waals surface area contributed by atoms with Crippen molar-refractivity contribution in [2.24, 2.45) is 0 Å². The fourth-order valence-corrected chi connectivity index (χ4v) is 2.83. The number of hydrogen-bond acceptors (Lipinski definition) is 6. The maximum Gasteiger partial charge on any atom is 0.338 e. The third kappa shape index (κ3) is 4.56. The van der Waals surface area contributed by atoms with Gasteiger partial charge in [-0.05, 0) is 36.2 Å². The number of carbonyl (C=O) groups is 3. The van der Waals surface area contributed by atoms with Crippen LogP contribution in [0.5, 0.6) is 0 Å². The molecule has 23 heavy (non-hydrogen) atoms. The molecule has 1 aliphatic heterocycles. The van der Waals surface area contributed by atoms with E-state index in [1.54, 1.807) is 13.8 Å². The molecule has 1 aromatic heterocycles. The summed E-state index contributed by atoms with van der Waals surface area (Å²) in [6.45, 7) is 3.39. The molecule has 0 saturated carbocycles. The minimum Gasteiger partial charge on any atom is -0.463 e. The van der Waals surface area contributed by atoms with E-state index in [1.165, 1.54) is 11.3 Å². The lowest BCUT2D eigenvalue weighted by Crippen LogP contribution is -2.50. The molecule has 1 aliphatic rings. The van der Waals surface area contributed by atoms with E-state index in [1.807, 2.05) is 16.8 Å². The smallest absolute Gasteiger partial charge is 0.338 e. The van der Waals surface area contributed by atoms with Gasteiger partial charge in [-0.2, -0.15) is 11.3 Å². The average molecular weight is 338 g/mol. The number of ether oxygens (including phenoxy) is 2. The van der Waals surface area contributed by atoms with Crippen LogP contribution in [-0.2, 0) is 25.5 Å². The van der Waals surface area contributed by atoms with Crippen molar-refractivity contribution in [3.8, 4) is 0 Å². The predicted octanol–water partition coefficient (Wildman–Crippen LogP) is 1.35. The quantitative estimate of drug-likeness (QED) is 0.764. The number of esters is 2. The minimum atomic E-state index is -0.545. The molecule has 0 spiro atoms. The number of hydrogen-bond donors (Lipinski definition) is 2. The number of thiophene rings is 1. The van der Waals surface area contributed by atoms with Crippen molar-refractivity contribution in [1.82, 2.24) is 10.6 Å². The third-order valence-electron chi connectivity index (χ3n) is 3.17. The maximum absolute atomic E-state index is 12.0. The third-order valence-corrected chi connectivity index (χ3v) is 3.90. The van der Waals surface area contributed by atoms with Crippen LogP contribution in [0.4, 0.5) is 4.79 Å². The number of urea groups is 1. The van der Waals surface area contributed by atoms with Crippen LogP contribution in [0.1, 0.15) is 19.4 Å². The molecule has 1 aromatic rings. The zero-order valence-corrected chi connectivity index (χ0v) is 13.7. The van der Waals surface area contributed by atoms with Crippen LogP contribution in [0.25, 0.3) is 0 Å². The van der Waals surface area contributed by atoms with Crippen LogP contribution in [-0.4, -0.2) is 37.2 Å². The fourth-order valence-electron chi connectivity index (χ4n) is 2.16. The fraction of sp³-hybridized carbons (Fsp3) is 0.400. The van der Waals surface area contributed by atoms with Gasteiger partial charge in [0.2, 0.25) is 0 Å². The molecular weight excluding hydrogens is 320 g/mol. The number of amides is 2. The molecule has 8 heteroatoms. The molecule has 7 nitrogen and oxygen atoms in total. The highest BCUT2D eigenvalue weighted by atomic mass is 32.1. The molecule has 2 rings (SSSR count). The highest BCUT2D eigenvalue weighted by Gasteiger charge is 2.30. The van der Waals surface area contributed by atoms with Gasteiger partial charge in [0.1, 0.15) is 6.61 Å². The van der Waals surface area contributed by atoms with Crippen molar-refractivity contribution < 1.29 is 23.9 Å². The lowest BCUT2D eigenvalue weighted by molar-refractivity contribution is -0.143. The largest absolute Gasteiger partial charge is 0.463 e. The van der Waals surface area contributed by atoms with Gasteiger partial charge in [0.25, 0.3) is 0 Å². The van der Waals surface area contributed by atoms with Crippen molar-refractivity contribution in [3.05, 3.63) is 33.7 Å². The van der Waals surface area contributed by atoms with Gasteiger partial charge in [-0.3, -0.25) is 4.79 Å². The van der Waals surface area contributed by atoms with Crippen molar-refractivity contribution >= 4 is 29.3 Å². The lowest BCUT2D eigenvalue weighted by Gasteiger charge is -2.26. The van der Waals surface area contributed by atoms with E-state index in [-0.39, 0.29) is 30.9 Å². The summed E-state index contributed by atoms with van der Waals surface area (Å²) in [4.78, 5) is 35.4. The highest BCUT2D eigenvalue weighted by Crippen LogP contribution is 2.15. The first-order valence-corrected chi connectivity index (χ1v) is 8.10. The Labute approximate surface area is 137 Å². The summed E-state index contributed by atoms with van der Waals surface area (Å²) in [6.07, 6.45) is 0.146. The second-order valence-corrected chi connectivity index (χ2v) is 5.68. The normalized spacial score (nSPS) is 17.3. The second-order valence-electron chi connectivity index (χ2n) is 4.90. The second kappa shape index (κ2) is 7.77. The van der Waals surface area contributed by atoms with E-state index in [0.717, 1.165) is 5.56 Å². The maximum atomic E-state index is 12.0. The number of carbonyl (C=O) groups excluding carboxylic acids is 3. The van der Waals surface area contributed by atoms with Crippen LogP contribution < -0.4 is 10.6 Å². The molecule has 124 valence electrons. The van der Waals surface area contributed by atoms with Crippen LogP contribution >= 0.6 is 11.3 Å². The Morgan fingerprint density at radius 2 is 2.13 bits per heavy atom. The van der Waals surface area contributed by atoms with Crippen molar-refractivity contribution in [3.63, 3.8) is 0 Å². The Morgan fingerprint density at radius 3 is 2.78 bits per heavy atom. The molecular formula is C15H18N2O5S. The summed E-state index contributed by atoms with van der Waals surface area (Å²) >= 11 is 1.49. The van der Waals surface area contributed by atoms with Gasteiger partial charge in [0.15, 0.2) is 0 Å². The number of rotatable bonds is 6. The van der Waals surface area contributed by atoms with Crippen molar-refractivity contribution in [2.45, 2.75) is 26.3 Å². The van der Waals surface area contributed by atoms with Gasteiger partial charge in [-0.1, -0.05) is 0 Å². The lowest BCUT2D eigenvalue weighted by atomic mass is 10.0. The number of nitrogens with one attached hydrogen (secondary N) is 2. The summed E-state index contributed by atoms with van der Waals surface area (Å²) in [5.41, 5.74) is 1.37. The molecule has 0 unspecified atom stereocenters. The van der Waals surface area contributed by atoms with Gasteiger partial charge in [0.05, 0.1) is 30.3 Å². The predicted molar refractivity (Wildman–Crippen MR) is 83.8 cm³/mol. The molecule has 0 fully saturated rings. The van der Waals surface area contributed by atoms with E-state index in [2.05, 4.69) is 10.6 Å². The van der Waals surface area contributed by atoms with Crippen LogP contribution in [0, 0.1) is 0 Å². The molecule has 1 atom stereocenters. The van der Waals surface area contributed by atoms with E-state index in [4.69, 9.17) is 9.47 Å².